The van der Waals surface area contributed by atoms with Gasteiger partial charge in [-0.25, -0.2) is 14.8 Å². The Kier molecular flexibility index (Phi) is 7.68. The first-order chi connectivity index (χ1) is 21.2. The van der Waals surface area contributed by atoms with E-state index < -0.39 is 11.7 Å². The number of nitrogens with one attached hydrogen (secondary N) is 3. The highest BCUT2D eigenvalue weighted by atomic mass is 16.6. The van der Waals surface area contributed by atoms with Crippen LogP contribution in [0.25, 0.3) is 33.2 Å². The summed E-state index contributed by atoms with van der Waals surface area (Å²) in [6, 6.07) is 30.3. The minimum atomic E-state index is -0.567. The van der Waals surface area contributed by atoms with Crippen LogP contribution in [0, 0.1) is 0 Å². The number of para-hydroxylation sites is 2. The highest BCUT2D eigenvalue weighted by Crippen LogP contribution is 2.35. The minimum absolute atomic E-state index is 0.253. The summed E-state index contributed by atoms with van der Waals surface area (Å²) in [5.74, 6) is 0.347. The maximum absolute atomic E-state index is 12.9. The standard InChI is InChI=1S/C35H31N5O4/c1-35(2,3)44-34(42)36-20-22-14-16-23(17-15-22)33(41)40-25-9-6-8-24(18-25)39-31-19-29(37-21-38-31)28-12-7-11-27-26-10-4-5-13-30(26)43-32(27)28/h4-19,21H,20H2,1-3H3,(H,36,42)(H,40,41)(H,37,38,39). The van der Waals surface area contributed by atoms with Crippen LogP contribution in [0.15, 0.2) is 108 Å². The van der Waals surface area contributed by atoms with Crippen LogP contribution < -0.4 is 16.0 Å². The lowest BCUT2D eigenvalue weighted by atomic mass is 10.1. The second-order valence-corrected chi connectivity index (χ2v) is 11.3. The Morgan fingerprint density at radius 3 is 2.39 bits per heavy atom. The molecule has 0 aliphatic carbocycles. The van der Waals surface area contributed by atoms with Gasteiger partial charge in [-0.1, -0.05) is 48.5 Å². The Balaban J connectivity index is 1.12. The summed E-state index contributed by atoms with van der Waals surface area (Å²) in [6.45, 7) is 5.72. The third kappa shape index (κ3) is 6.52. The van der Waals surface area contributed by atoms with Crippen molar-refractivity contribution in [2.24, 2.45) is 0 Å². The fourth-order valence-corrected chi connectivity index (χ4v) is 4.81. The number of aromatic nitrogens is 2. The van der Waals surface area contributed by atoms with Gasteiger partial charge >= 0.3 is 6.09 Å². The molecule has 44 heavy (non-hydrogen) atoms. The molecule has 2 aromatic heterocycles. The summed E-state index contributed by atoms with van der Waals surface area (Å²) >= 11 is 0. The topological polar surface area (TPSA) is 118 Å². The molecule has 0 spiro atoms. The number of benzene rings is 4. The molecule has 9 heteroatoms. The van der Waals surface area contributed by atoms with Crippen LogP contribution >= 0.6 is 0 Å². The predicted octanol–water partition coefficient (Wildman–Crippen LogP) is 8.06. The van der Waals surface area contributed by atoms with Crippen molar-refractivity contribution < 1.29 is 18.7 Å². The van der Waals surface area contributed by atoms with E-state index in [1.165, 1.54) is 6.33 Å². The zero-order valence-electron chi connectivity index (χ0n) is 24.5. The summed E-state index contributed by atoms with van der Waals surface area (Å²) < 4.78 is 11.4. The Morgan fingerprint density at radius 2 is 1.57 bits per heavy atom. The van der Waals surface area contributed by atoms with Crippen LogP contribution in [0.3, 0.4) is 0 Å². The summed E-state index contributed by atoms with van der Waals surface area (Å²) in [5, 5.41) is 11.0. The van der Waals surface area contributed by atoms with Crippen LogP contribution in [-0.4, -0.2) is 27.6 Å². The lowest BCUT2D eigenvalue weighted by Gasteiger charge is -2.19. The van der Waals surface area contributed by atoms with Crippen molar-refractivity contribution in [3.8, 4) is 11.3 Å². The molecule has 0 bridgehead atoms. The second-order valence-electron chi connectivity index (χ2n) is 11.3. The van der Waals surface area contributed by atoms with Gasteiger partial charge < -0.3 is 25.1 Å². The molecule has 0 aliphatic rings. The smallest absolute Gasteiger partial charge is 0.407 e. The Labute approximate surface area is 254 Å². The number of alkyl carbamates (subject to hydrolysis) is 1. The summed E-state index contributed by atoms with van der Waals surface area (Å²) in [4.78, 5) is 33.7. The van der Waals surface area contributed by atoms with Crippen LogP contribution in [0.5, 0.6) is 0 Å². The number of carbonyl (C=O) groups is 2. The molecule has 9 nitrogen and oxygen atoms in total. The molecule has 2 heterocycles. The van der Waals surface area contributed by atoms with E-state index in [1.54, 1.807) is 24.3 Å². The largest absolute Gasteiger partial charge is 0.455 e. The predicted molar refractivity (Wildman–Crippen MR) is 172 cm³/mol. The van der Waals surface area contributed by atoms with Crippen LogP contribution in [0.4, 0.5) is 22.0 Å². The Morgan fingerprint density at radius 1 is 0.818 bits per heavy atom. The summed E-state index contributed by atoms with van der Waals surface area (Å²) in [7, 11) is 0. The Hall–Kier alpha value is -5.70. The highest BCUT2D eigenvalue weighted by Gasteiger charge is 2.16. The lowest BCUT2D eigenvalue weighted by Crippen LogP contribution is -2.32. The van der Waals surface area contributed by atoms with Crippen molar-refractivity contribution in [2.75, 3.05) is 10.6 Å². The van der Waals surface area contributed by atoms with Gasteiger partial charge in [-0.15, -0.1) is 0 Å². The number of ether oxygens (including phenoxy) is 1. The lowest BCUT2D eigenvalue weighted by molar-refractivity contribution is 0.0523. The van der Waals surface area contributed by atoms with Gasteiger partial charge in [-0.2, -0.15) is 0 Å². The van der Waals surface area contributed by atoms with E-state index in [2.05, 4.69) is 25.9 Å². The number of amides is 2. The average molecular weight is 586 g/mol. The molecule has 0 radical (unpaired) electrons. The van der Waals surface area contributed by atoms with Crippen molar-refractivity contribution in [1.82, 2.24) is 15.3 Å². The van der Waals surface area contributed by atoms with Crippen molar-refractivity contribution >= 4 is 51.1 Å². The van der Waals surface area contributed by atoms with Crippen molar-refractivity contribution in [3.63, 3.8) is 0 Å². The van der Waals surface area contributed by atoms with E-state index in [0.29, 0.717) is 23.6 Å². The molecule has 220 valence electrons. The number of rotatable bonds is 7. The number of fused-ring (bicyclic) bond motifs is 3. The molecule has 0 aliphatic heterocycles. The third-order valence-corrected chi connectivity index (χ3v) is 6.79. The van der Waals surface area contributed by atoms with E-state index in [9.17, 15) is 9.59 Å². The number of carbonyl (C=O) groups excluding carboxylic acids is 2. The zero-order chi connectivity index (χ0) is 30.7. The molecule has 0 atom stereocenters. The Bertz CT molecular complexity index is 1980. The van der Waals surface area contributed by atoms with E-state index in [4.69, 9.17) is 9.15 Å². The maximum Gasteiger partial charge on any atom is 0.407 e. The van der Waals surface area contributed by atoms with Gasteiger partial charge in [0, 0.05) is 45.9 Å². The van der Waals surface area contributed by atoms with Crippen LogP contribution in [0.1, 0.15) is 36.7 Å². The van der Waals surface area contributed by atoms with E-state index in [1.807, 2.05) is 93.6 Å². The molecule has 4 aromatic carbocycles. The van der Waals surface area contributed by atoms with Crippen molar-refractivity contribution in [2.45, 2.75) is 32.9 Å². The highest BCUT2D eigenvalue weighted by molar-refractivity contribution is 6.09. The SMILES string of the molecule is CC(C)(C)OC(=O)NCc1ccc(C(=O)Nc2cccc(Nc3cc(-c4cccc5c4oc4ccccc45)ncn3)c2)cc1. The average Bonchev–Trinajstić information content (AvgIpc) is 3.39. The minimum Gasteiger partial charge on any atom is -0.455 e. The summed E-state index contributed by atoms with van der Waals surface area (Å²) in [5.41, 5.74) is 5.34. The van der Waals surface area contributed by atoms with E-state index >= 15 is 0 Å². The third-order valence-electron chi connectivity index (χ3n) is 6.79. The molecular formula is C35H31N5O4. The molecule has 0 saturated heterocycles. The number of furan rings is 1. The second kappa shape index (κ2) is 11.9. The number of nitrogens with zero attached hydrogens (tertiary/aromatic N) is 2. The molecule has 0 unspecified atom stereocenters. The normalized spacial score (nSPS) is 11.3. The summed E-state index contributed by atoms with van der Waals surface area (Å²) in [6.07, 6.45) is 1.02. The molecule has 6 rings (SSSR count). The zero-order valence-corrected chi connectivity index (χ0v) is 24.5. The van der Waals surface area contributed by atoms with E-state index in [-0.39, 0.29) is 5.91 Å². The fraction of sp³-hybridized carbons (Fsp3) is 0.143. The first-order valence-electron chi connectivity index (χ1n) is 14.2. The van der Waals surface area contributed by atoms with Crippen molar-refractivity contribution in [1.29, 1.82) is 0 Å². The number of hydrogen-bond donors (Lipinski definition) is 3. The van der Waals surface area contributed by atoms with Gasteiger partial charge in [0.15, 0.2) is 0 Å². The van der Waals surface area contributed by atoms with Gasteiger partial charge in [0.05, 0.1) is 5.69 Å². The molecule has 0 fully saturated rings. The quantitative estimate of drug-likeness (QED) is 0.173. The molecule has 2 amide bonds. The van der Waals surface area contributed by atoms with Gasteiger partial charge in [0.25, 0.3) is 5.91 Å². The van der Waals surface area contributed by atoms with Gasteiger partial charge in [0.2, 0.25) is 0 Å². The van der Waals surface area contributed by atoms with Gasteiger partial charge in [-0.05, 0) is 68.8 Å². The number of hydrogen-bond acceptors (Lipinski definition) is 7. The monoisotopic (exact) mass is 585 g/mol. The molecule has 0 saturated carbocycles. The first kappa shape index (κ1) is 28.4. The van der Waals surface area contributed by atoms with Crippen LogP contribution in [0.2, 0.25) is 0 Å². The molecular weight excluding hydrogens is 554 g/mol. The van der Waals surface area contributed by atoms with Gasteiger partial charge in [0.1, 0.15) is 28.9 Å². The maximum atomic E-state index is 12.9. The fourth-order valence-electron chi connectivity index (χ4n) is 4.81. The number of anilines is 3. The first-order valence-corrected chi connectivity index (χ1v) is 14.2. The van der Waals surface area contributed by atoms with E-state index in [0.717, 1.165) is 44.4 Å². The van der Waals surface area contributed by atoms with Crippen molar-refractivity contribution in [3.05, 3.63) is 115 Å². The molecule has 6 aromatic rings. The van der Waals surface area contributed by atoms with Gasteiger partial charge in [-0.3, -0.25) is 4.79 Å². The van der Waals surface area contributed by atoms with Crippen LogP contribution in [-0.2, 0) is 11.3 Å². The molecule has 3 N–H and O–H groups in total.